The third kappa shape index (κ3) is 2.12. The largest absolute Gasteiger partial charge is 0.467 e. The first-order chi connectivity index (χ1) is 9.92. The zero-order chi connectivity index (χ0) is 13.4. The van der Waals surface area contributed by atoms with E-state index in [1.807, 2.05) is 0 Å². The third-order valence-corrected chi connectivity index (χ3v) is 3.95. The SMILES string of the molecule is c1ccc2c(-c3ccoc3CNC3CC3)cccc2c1. The molecule has 0 bridgehead atoms. The van der Waals surface area contributed by atoms with Gasteiger partial charge in [-0.1, -0.05) is 42.5 Å². The van der Waals surface area contributed by atoms with Crippen LogP contribution in [0.4, 0.5) is 0 Å². The topological polar surface area (TPSA) is 25.2 Å². The molecular formula is C18H17NO. The van der Waals surface area contributed by atoms with Gasteiger partial charge in [0.15, 0.2) is 0 Å². The summed E-state index contributed by atoms with van der Waals surface area (Å²) in [6, 6.07) is 17.7. The second-order valence-corrected chi connectivity index (χ2v) is 5.44. The van der Waals surface area contributed by atoms with Crippen molar-refractivity contribution < 1.29 is 4.42 Å². The predicted molar refractivity (Wildman–Crippen MR) is 81.5 cm³/mol. The highest BCUT2D eigenvalue weighted by Crippen LogP contribution is 2.32. The molecule has 0 spiro atoms. The van der Waals surface area contributed by atoms with Crippen molar-refractivity contribution in [1.29, 1.82) is 0 Å². The van der Waals surface area contributed by atoms with Gasteiger partial charge in [0.2, 0.25) is 0 Å². The molecule has 4 rings (SSSR count). The van der Waals surface area contributed by atoms with Crippen molar-refractivity contribution in [3.63, 3.8) is 0 Å². The fourth-order valence-electron chi connectivity index (χ4n) is 2.70. The number of hydrogen-bond donors (Lipinski definition) is 1. The number of nitrogens with one attached hydrogen (secondary N) is 1. The van der Waals surface area contributed by atoms with Crippen molar-refractivity contribution >= 4 is 10.8 Å². The zero-order valence-electron chi connectivity index (χ0n) is 11.3. The molecule has 0 aliphatic heterocycles. The predicted octanol–water partition coefficient (Wildman–Crippen LogP) is 4.35. The van der Waals surface area contributed by atoms with Crippen LogP contribution in [0.15, 0.2) is 59.2 Å². The molecule has 2 aromatic carbocycles. The number of furan rings is 1. The van der Waals surface area contributed by atoms with E-state index in [1.54, 1.807) is 6.26 Å². The quantitative estimate of drug-likeness (QED) is 0.757. The monoisotopic (exact) mass is 263 g/mol. The molecule has 1 aliphatic rings. The molecule has 0 saturated heterocycles. The van der Waals surface area contributed by atoms with Crippen molar-refractivity contribution in [2.24, 2.45) is 0 Å². The van der Waals surface area contributed by atoms with Crippen LogP contribution >= 0.6 is 0 Å². The van der Waals surface area contributed by atoms with Crippen molar-refractivity contribution in [2.75, 3.05) is 0 Å². The highest BCUT2D eigenvalue weighted by molar-refractivity contribution is 5.96. The Kier molecular flexibility index (Phi) is 2.82. The first-order valence-corrected chi connectivity index (χ1v) is 7.20. The number of fused-ring (bicyclic) bond motifs is 1. The van der Waals surface area contributed by atoms with E-state index >= 15 is 0 Å². The maximum atomic E-state index is 5.68. The van der Waals surface area contributed by atoms with E-state index < -0.39 is 0 Å². The lowest BCUT2D eigenvalue weighted by Crippen LogP contribution is -2.15. The molecule has 1 fully saturated rings. The van der Waals surface area contributed by atoms with Gasteiger partial charge in [0.05, 0.1) is 12.8 Å². The average molecular weight is 263 g/mol. The lowest BCUT2D eigenvalue weighted by molar-refractivity contribution is 0.483. The minimum atomic E-state index is 0.695. The highest BCUT2D eigenvalue weighted by Gasteiger charge is 2.21. The van der Waals surface area contributed by atoms with Crippen LogP contribution < -0.4 is 5.32 Å². The molecular weight excluding hydrogens is 246 g/mol. The summed E-state index contributed by atoms with van der Waals surface area (Å²) in [6.45, 7) is 0.816. The fourth-order valence-corrected chi connectivity index (χ4v) is 2.70. The van der Waals surface area contributed by atoms with E-state index in [0.29, 0.717) is 6.04 Å². The summed E-state index contributed by atoms with van der Waals surface area (Å²) in [5.74, 6) is 1.04. The smallest absolute Gasteiger partial charge is 0.125 e. The van der Waals surface area contributed by atoms with Crippen LogP contribution in [0, 0.1) is 0 Å². The molecule has 100 valence electrons. The van der Waals surface area contributed by atoms with Crippen molar-refractivity contribution in [2.45, 2.75) is 25.4 Å². The van der Waals surface area contributed by atoms with Crippen LogP contribution in [-0.4, -0.2) is 6.04 Å². The van der Waals surface area contributed by atoms with Crippen LogP contribution in [0.2, 0.25) is 0 Å². The van der Waals surface area contributed by atoms with E-state index in [9.17, 15) is 0 Å². The molecule has 3 aromatic rings. The molecule has 1 aliphatic carbocycles. The summed E-state index contributed by atoms with van der Waals surface area (Å²) in [7, 11) is 0. The Morgan fingerprint density at radius 1 is 0.950 bits per heavy atom. The summed E-state index contributed by atoms with van der Waals surface area (Å²) < 4.78 is 5.68. The van der Waals surface area contributed by atoms with Crippen LogP contribution in [0.5, 0.6) is 0 Å². The molecule has 0 radical (unpaired) electrons. The fraction of sp³-hybridized carbons (Fsp3) is 0.222. The standard InChI is InChI=1S/C18H17NO/c1-2-6-15-13(4-1)5-3-7-16(15)17-10-11-20-18(17)12-19-14-8-9-14/h1-7,10-11,14,19H,8-9,12H2. The summed E-state index contributed by atoms with van der Waals surface area (Å²) in [6.07, 6.45) is 4.38. The molecule has 2 heteroatoms. The van der Waals surface area contributed by atoms with Crippen LogP contribution in [-0.2, 0) is 6.54 Å². The normalized spacial score (nSPS) is 14.8. The van der Waals surface area contributed by atoms with Gasteiger partial charge in [0, 0.05) is 11.6 Å². The summed E-state index contributed by atoms with van der Waals surface area (Å²) in [5.41, 5.74) is 2.46. The highest BCUT2D eigenvalue weighted by atomic mass is 16.3. The van der Waals surface area contributed by atoms with Gasteiger partial charge in [0.25, 0.3) is 0 Å². The Morgan fingerprint density at radius 3 is 2.70 bits per heavy atom. The Hall–Kier alpha value is -2.06. The van der Waals surface area contributed by atoms with Gasteiger partial charge >= 0.3 is 0 Å². The van der Waals surface area contributed by atoms with Gasteiger partial charge in [-0.15, -0.1) is 0 Å². The minimum Gasteiger partial charge on any atom is -0.467 e. The maximum absolute atomic E-state index is 5.68. The van der Waals surface area contributed by atoms with Crippen LogP contribution in [0.3, 0.4) is 0 Å². The van der Waals surface area contributed by atoms with Gasteiger partial charge in [-0.25, -0.2) is 0 Å². The molecule has 0 amide bonds. The average Bonchev–Trinajstić information content (AvgIpc) is 3.21. The second-order valence-electron chi connectivity index (χ2n) is 5.44. The molecule has 20 heavy (non-hydrogen) atoms. The Labute approximate surface area is 118 Å². The summed E-state index contributed by atoms with van der Waals surface area (Å²) in [4.78, 5) is 0. The maximum Gasteiger partial charge on any atom is 0.125 e. The molecule has 1 saturated carbocycles. The minimum absolute atomic E-state index is 0.695. The lowest BCUT2D eigenvalue weighted by atomic mass is 9.98. The molecule has 1 aromatic heterocycles. The van der Waals surface area contributed by atoms with E-state index in [4.69, 9.17) is 4.42 Å². The van der Waals surface area contributed by atoms with Crippen LogP contribution in [0.25, 0.3) is 21.9 Å². The van der Waals surface area contributed by atoms with Gasteiger partial charge in [-0.3, -0.25) is 0 Å². The van der Waals surface area contributed by atoms with E-state index in [1.165, 1.54) is 34.7 Å². The molecule has 1 heterocycles. The second kappa shape index (κ2) is 4.80. The first kappa shape index (κ1) is 11.7. The summed E-state index contributed by atoms with van der Waals surface area (Å²) in [5, 5.41) is 6.08. The summed E-state index contributed by atoms with van der Waals surface area (Å²) >= 11 is 0. The molecule has 1 N–H and O–H groups in total. The lowest BCUT2D eigenvalue weighted by Gasteiger charge is -2.07. The Bertz CT molecular complexity index is 735. The number of rotatable bonds is 4. The van der Waals surface area contributed by atoms with E-state index in [-0.39, 0.29) is 0 Å². The van der Waals surface area contributed by atoms with Gasteiger partial charge in [0.1, 0.15) is 5.76 Å². The van der Waals surface area contributed by atoms with Crippen molar-refractivity contribution in [1.82, 2.24) is 5.32 Å². The van der Waals surface area contributed by atoms with Gasteiger partial charge in [-0.05, 0) is 35.2 Å². The van der Waals surface area contributed by atoms with E-state index in [2.05, 4.69) is 53.8 Å². The van der Waals surface area contributed by atoms with Gasteiger partial charge < -0.3 is 9.73 Å². The third-order valence-electron chi connectivity index (χ3n) is 3.95. The molecule has 0 atom stereocenters. The number of hydrogen-bond acceptors (Lipinski definition) is 2. The molecule has 2 nitrogen and oxygen atoms in total. The Morgan fingerprint density at radius 2 is 1.80 bits per heavy atom. The van der Waals surface area contributed by atoms with Crippen molar-refractivity contribution in [3.8, 4) is 11.1 Å². The number of benzene rings is 2. The van der Waals surface area contributed by atoms with Crippen molar-refractivity contribution in [3.05, 3.63) is 60.6 Å². The Balaban J connectivity index is 1.76. The van der Waals surface area contributed by atoms with Crippen LogP contribution in [0.1, 0.15) is 18.6 Å². The van der Waals surface area contributed by atoms with E-state index in [0.717, 1.165) is 12.3 Å². The van der Waals surface area contributed by atoms with Gasteiger partial charge in [-0.2, -0.15) is 0 Å². The first-order valence-electron chi connectivity index (χ1n) is 7.20. The molecule has 0 unspecified atom stereocenters. The zero-order valence-corrected chi connectivity index (χ0v) is 11.3.